The molecule has 0 aromatic carbocycles. The largest absolute Gasteiger partial charge is 0.461 e. The lowest BCUT2D eigenvalue weighted by atomic mass is 9.80. The molecule has 9 heteroatoms. The van der Waals surface area contributed by atoms with Gasteiger partial charge in [0.1, 0.15) is 18.3 Å². The fourth-order valence-corrected chi connectivity index (χ4v) is 7.11. The first-order valence-electron chi connectivity index (χ1n) is 13.1. The van der Waals surface area contributed by atoms with Crippen LogP contribution in [0.15, 0.2) is 11.6 Å². The molecule has 9 nitrogen and oxygen atoms in total. The third-order valence-corrected chi connectivity index (χ3v) is 9.17. The van der Waals surface area contributed by atoms with Crippen LogP contribution < -0.4 is 0 Å². The van der Waals surface area contributed by atoms with Crippen LogP contribution in [0.4, 0.5) is 0 Å². The lowest BCUT2D eigenvalue weighted by molar-refractivity contribution is -0.168. The molecule has 1 heterocycles. The van der Waals surface area contributed by atoms with Gasteiger partial charge in [0.05, 0.1) is 5.92 Å². The predicted molar refractivity (Wildman–Crippen MR) is 130 cm³/mol. The van der Waals surface area contributed by atoms with Gasteiger partial charge in [-0.1, -0.05) is 33.8 Å². The molecule has 1 saturated heterocycles. The molecule has 4 fully saturated rings. The Kier molecular flexibility index (Phi) is 6.71. The monoisotopic (exact) mass is 518 g/mol. The van der Waals surface area contributed by atoms with Crippen LogP contribution >= 0.6 is 0 Å². The van der Waals surface area contributed by atoms with Crippen molar-refractivity contribution < 1.29 is 42.9 Å². The van der Waals surface area contributed by atoms with E-state index in [2.05, 4.69) is 0 Å². The smallest absolute Gasteiger partial charge is 0.333 e. The number of hydrogen-bond donors (Lipinski definition) is 0. The summed E-state index contributed by atoms with van der Waals surface area (Å²) in [7, 11) is 0. The molecule has 4 rings (SSSR count). The molecule has 4 aliphatic rings. The number of Topliss-reactive ketones (excluding diaryl/α,β-unsaturated/α-hetero) is 2. The van der Waals surface area contributed by atoms with E-state index in [1.807, 2.05) is 13.8 Å². The van der Waals surface area contributed by atoms with Gasteiger partial charge in [-0.25, -0.2) is 4.79 Å². The van der Waals surface area contributed by atoms with E-state index in [9.17, 15) is 24.0 Å². The van der Waals surface area contributed by atoms with Gasteiger partial charge in [0.15, 0.2) is 22.8 Å². The number of esters is 3. The summed E-state index contributed by atoms with van der Waals surface area (Å²) in [5.74, 6) is -3.86. The first-order chi connectivity index (χ1) is 17.1. The van der Waals surface area contributed by atoms with Gasteiger partial charge in [-0.3, -0.25) is 19.2 Å². The van der Waals surface area contributed by atoms with Crippen molar-refractivity contribution in [1.82, 2.24) is 0 Å². The van der Waals surface area contributed by atoms with E-state index in [0.717, 1.165) is 0 Å². The van der Waals surface area contributed by atoms with Crippen LogP contribution in [0.1, 0.15) is 74.7 Å². The van der Waals surface area contributed by atoms with Crippen molar-refractivity contribution in [2.24, 2.45) is 29.1 Å². The molecule has 1 aliphatic heterocycles. The number of rotatable bonds is 4. The number of hydrogen-bond acceptors (Lipinski definition) is 9. The second-order valence-corrected chi connectivity index (χ2v) is 11.9. The molecule has 0 N–H and O–H groups in total. The van der Waals surface area contributed by atoms with Crippen LogP contribution in [0.25, 0.3) is 0 Å². The average Bonchev–Trinajstić information content (AvgIpc) is 3.62. The van der Waals surface area contributed by atoms with E-state index in [4.69, 9.17) is 18.9 Å². The maximum atomic E-state index is 14.0. The number of allylic oxidation sites excluding steroid dienone is 1. The Morgan fingerprint density at radius 1 is 0.892 bits per heavy atom. The van der Waals surface area contributed by atoms with Crippen LogP contribution in [0.5, 0.6) is 0 Å². The Morgan fingerprint density at radius 3 is 2.05 bits per heavy atom. The molecule has 0 amide bonds. The van der Waals surface area contributed by atoms with Crippen LogP contribution in [0.3, 0.4) is 0 Å². The highest BCUT2D eigenvalue weighted by atomic mass is 16.6. The van der Waals surface area contributed by atoms with Crippen LogP contribution in [-0.2, 0) is 42.9 Å². The molecular formula is C28H38O9. The van der Waals surface area contributed by atoms with E-state index in [-0.39, 0.29) is 48.6 Å². The van der Waals surface area contributed by atoms with Crippen molar-refractivity contribution in [2.45, 2.75) is 104 Å². The standard InChI is InChI=1S/C28H38O9/c1-9-13(2)25(33)36-22-18(34-16(5)29)10-11-27-23(31)14(3)12-28(27,37-27)24(32)15(4)21(35-17(6)30)19-20(22)26(19,7)8/h9,14-15,18-22H,10-12H2,1-8H3/b13-9-/t14?,15-,18-,19+,20-,21+,22-,27+,28+/m1/s1. The Balaban J connectivity index is 1.83. The molecule has 3 saturated carbocycles. The summed E-state index contributed by atoms with van der Waals surface area (Å²) in [6.45, 7) is 13.4. The predicted octanol–water partition coefficient (Wildman–Crippen LogP) is 3.12. The van der Waals surface area contributed by atoms with E-state index in [1.54, 1.807) is 33.8 Å². The van der Waals surface area contributed by atoms with E-state index in [0.29, 0.717) is 5.57 Å². The number of fused-ring (bicyclic) bond motifs is 1. The van der Waals surface area contributed by atoms with Crippen molar-refractivity contribution in [1.29, 1.82) is 0 Å². The highest BCUT2D eigenvalue weighted by Crippen LogP contribution is 2.68. The minimum atomic E-state index is -1.31. The van der Waals surface area contributed by atoms with E-state index < -0.39 is 58.8 Å². The summed E-state index contributed by atoms with van der Waals surface area (Å²) >= 11 is 0. The summed E-state index contributed by atoms with van der Waals surface area (Å²) < 4.78 is 23.6. The Morgan fingerprint density at radius 2 is 1.49 bits per heavy atom. The molecule has 204 valence electrons. The summed E-state index contributed by atoms with van der Waals surface area (Å²) in [6.07, 6.45) is -0.352. The highest BCUT2D eigenvalue weighted by Gasteiger charge is 2.83. The Labute approximate surface area is 217 Å². The number of ketones is 2. The van der Waals surface area contributed by atoms with Crippen molar-refractivity contribution in [3.63, 3.8) is 0 Å². The van der Waals surface area contributed by atoms with Gasteiger partial charge in [-0.05, 0) is 38.5 Å². The lowest BCUT2D eigenvalue weighted by Gasteiger charge is -2.29. The first-order valence-corrected chi connectivity index (χ1v) is 13.1. The molecule has 37 heavy (non-hydrogen) atoms. The first kappa shape index (κ1) is 27.5. The third-order valence-electron chi connectivity index (χ3n) is 9.17. The normalized spacial score (nSPS) is 42.4. The zero-order valence-electron chi connectivity index (χ0n) is 22.9. The zero-order valence-corrected chi connectivity index (χ0v) is 22.9. The molecular weight excluding hydrogens is 480 g/mol. The number of carbonyl (C=O) groups is 5. The van der Waals surface area contributed by atoms with Gasteiger partial charge in [-0.15, -0.1) is 0 Å². The zero-order chi connectivity index (χ0) is 27.7. The molecule has 3 aliphatic carbocycles. The van der Waals surface area contributed by atoms with Gasteiger partial charge in [0.25, 0.3) is 0 Å². The maximum Gasteiger partial charge on any atom is 0.333 e. The average molecular weight is 519 g/mol. The van der Waals surface area contributed by atoms with Crippen molar-refractivity contribution >= 4 is 29.5 Å². The highest BCUT2D eigenvalue weighted by molar-refractivity contribution is 6.09. The molecule has 1 unspecified atom stereocenters. The topological polar surface area (TPSA) is 126 Å². The molecule has 0 aromatic rings. The number of epoxide rings is 1. The van der Waals surface area contributed by atoms with Crippen molar-refractivity contribution in [3.8, 4) is 0 Å². The van der Waals surface area contributed by atoms with Crippen molar-refractivity contribution in [2.75, 3.05) is 0 Å². The van der Waals surface area contributed by atoms with Crippen LogP contribution in [0, 0.1) is 29.1 Å². The second-order valence-electron chi connectivity index (χ2n) is 11.9. The maximum absolute atomic E-state index is 14.0. The minimum absolute atomic E-state index is 0.151. The van der Waals surface area contributed by atoms with Crippen LogP contribution in [-0.4, -0.2) is 59.0 Å². The van der Waals surface area contributed by atoms with Gasteiger partial charge in [0, 0.05) is 37.2 Å². The molecule has 9 atom stereocenters. The fourth-order valence-electron chi connectivity index (χ4n) is 7.11. The summed E-state index contributed by atoms with van der Waals surface area (Å²) in [5.41, 5.74) is -2.70. The lowest BCUT2D eigenvalue weighted by Crippen LogP contribution is -2.42. The van der Waals surface area contributed by atoms with Crippen LogP contribution in [0.2, 0.25) is 0 Å². The second kappa shape index (κ2) is 9.03. The van der Waals surface area contributed by atoms with Gasteiger partial charge < -0.3 is 18.9 Å². The van der Waals surface area contributed by atoms with E-state index >= 15 is 0 Å². The molecule has 0 bridgehead atoms. The Bertz CT molecular complexity index is 1070. The summed E-state index contributed by atoms with van der Waals surface area (Å²) in [6, 6.07) is 0. The summed E-state index contributed by atoms with van der Waals surface area (Å²) in [5, 5.41) is 0. The number of carbonyl (C=O) groups excluding carboxylic acids is 5. The van der Waals surface area contributed by atoms with Gasteiger partial charge >= 0.3 is 17.9 Å². The molecule has 0 spiro atoms. The number of ether oxygens (including phenoxy) is 4. The third kappa shape index (κ3) is 4.14. The van der Waals surface area contributed by atoms with E-state index in [1.165, 1.54) is 13.8 Å². The fraction of sp³-hybridized carbons (Fsp3) is 0.750. The SMILES string of the molecule is C/C=C(/C)C(=O)O[C@H]1[C@H]2[C@@H]([C@@H](OC(C)=O)[C@@H](C)C(=O)[C@@]34CC(C)C(=O)[C@]3(CC[C@H]1OC(C)=O)O4)C2(C)C. The molecule has 0 radical (unpaired) electrons. The quantitative estimate of drug-likeness (QED) is 0.239. The Hall–Kier alpha value is -2.55. The van der Waals surface area contributed by atoms with Gasteiger partial charge in [0.2, 0.25) is 0 Å². The molecule has 0 aromatic heterocycles. The summed E-state index contributed by atoms with van der Waals surface area (Å²) in [4.78, 5) is 64.6. The van der Waals surface area contributed by atoms with Crippen molar-refractivity contribution in [3.05, 3.63) is 11.6 Å². The minimum Gasteiger partial charge on any atom is -0.461 e. The van der Waals surface area contributed by atoms with Gasteiger partial charge in [-0.2, -0.15) is 0 Å².